The number of carboxylic acid groups (broad SMARTS) is 1. The van der Waals surface area contributed by atoms with Gasteiger partial charge in [-0.15, -0.1) is 11.3 Å². The summed E-state index contributed by atoms with van der Waals surface area (Å²) in [6, 6.07) is 10.5. The summed E-state index contributed by atoms with van der Waals surface area (Å²) in [6.07, 6.45) is -5.28. The molecule has 0 atom stereocenters. The second-order valence-corrected chi connectivity index (χ2v) is 8.14. The van der Waals surface area contributed by atoms with Gasteiger partial charge in [-0.2, -0.15) is 18.2 Å². The summed E-state index contributed by atoms with van der Waals surface area (Å²) in [5.74, 6) is 0.645. The van der Waals surface area contributed by atoms with Crippen LogP contribution >= 0.6 is 11.3 Å². The molecule has 1 aliphatic heterocycles. The van der Waals surface area contributed by atoms with E-state index in [2.05, 4.69) is 15.3 Å². The third-order valence-electron chi connectivity index (χ3n) is 4.96. The van der Waals surface area contributed by atoms with Gasteiger partial charge < -0.3 is 20.1 Å². The highest BCUT2D eigenvalue weighted by atomic mass is 32.1. The Labute approximate surface area is 179 Å². The number of alkyl halides is 3. The lowest BCUT2D eigenvalue weighted by Crippen LogP contribution is -2.38. The summed E-state index contributed by atoms with van der Waals surface area (Å²) in [5.41, 5.74) is 0.966. The van der Waals surface area contributed by atoms with Gasteiger partial charge in [-0.05, 0) is 11.6 Å². The van der Waals surface area contributed by atoms with Gasteiger partial charge in [0.15, 0.2) is 0 Å². The number of nitrogens with zero attached hydrogens (tertiary/aromatic N) is 3. The topological polar surface area (TPSA) is 87.6 Å². The number of halogens is 3. The van der Waals surface area contributed by atoms with Crippen LogP contribution in [0.3, 0.4) is 0 Å². The molecule has 3 heterocycles. The molecule has 2 N–H and O–H groups in total. The van der Waals surface area contributed by atoms with Gasteiger partial charge in [0, 0.05) is 32.5 Å². The standard InChI is InChI=1S/C20H19F3N4O3S/c21-20(22,23)15-10-14-16(24-11-12-4-2-1-3-5-12)25-18(26-17(14)31-15)27-8-6-13(7-9-27)30-19(28)29/h1-5,10,13H,6-9,11H2,(H,28,29)(H,24,25,26). The first kappa shape index (κ1) is 21.2. The van der Waals surface area contributed by atoms with E-state index in [1.165, 1.54) is 0 Å². The molecular weight excluding hydrogens is 433 g/mol. The molecule has 4 rings (SSSR count). The molecule has 0 unspecified atom stereocenters. The minimum Gasteiger partial charge on any atom is -0.450 e. The predicted octanol–water partition coefficient (Wildman–Crippen LogP) is 4.99. The van der Waals surface area contributed by atoms with Crippen molar-refractivity contribution in [3.8, 4) is 0 Å². The lowest BCUT2D eigenvalue weighted by Gasteiger charge is -2.31. The second kappa shape index (κ2) is 8.58. The summed E-state index contributed by atoms with van der Waals surface area (Å²) < 4.78 is 44.7. The number of anilines is 2. The number of carbonyl (C=O) groups is 1. The van der Waals surface area contributed by atoms with Crippen molar-refractivity contribution in [2.24, 2.45) is 0 Å². The molecular formula is C20H19F3N4O3S. The van der Waals surface area contributed by atoms with Gasteiger partial charge in [0.05, 0.1) is 5.39 Å². The van der Waals surface area contributed by atoms with E-state index in [4.69, 9.17) is 9.84 Å². The molecule has 1 aliphatic rings. The number of benzene rings is 1. The Morgan fingerprint density at radius 2 is 1.94 bits per heavy atom. The van der Waals surface area contributed by atoms with Crippen LogP contribution in [0.15, 0.2) is 36.4 Å². The van der Waals surface area contributed by atoms with Crippen molar-refractivity contribution in [1.29, 1.82) is 0 Å². The SMILES string of the molecule is O=C(O)OC1CCN(c2nc(NCc3ccccc3)c3cc(C(F)(F)F)sc3n2)CC1. The normalized spacial score (nSPS) is 15.3. The van der Waals surface area contributed by atoms with E-state index in [0.29, 0.717) is 61.0 Å². The van der Waals surface area contributed by atoms with Gasteiger partial charge in [-0.3, -0.25) is 0 Å². The zero-order valence-electron chi connectivity index (χ0n) is 16.2. The fourth-order valence-corrected chi connectivity index (χ4v) is 4.32. The second-order valence-electron chi connectivity index (χ2n) is 7.11. The molecule has 0 saturated carbocycles. The van der Waals surface area contributed by atoms with Crippen LogP contribution in [0, 0.1) is 0 Å². The number of aromatic nitrogens is 2. The monoisotopic (exact) mass is 452 g/mol. The molecule has 1 aromatic carbocycles. The van der Waals surface area contributed by atoms with E-state index < -0.39 is 23.3 Å². The maximum Gasteiger partial charge on any atom is 0.506 e. The first-order valence-electron chi connectivity index (χ1n) is 9.60. The Hall–Kier alpha value is -3.08. The van der Waals surface area contributed by atoms with Gasteiger partial charge in [-0.25, -0.2) is 9.78 Å². The Bertz CT molecular complexity index is 1070. The first-order valence-corrected chi connectivity index (χ1v) is 10.4. The number of nitrogens with one attached hydrogen (secondary N) is 1. The molecule has 3 aromatic rings. The number of rotatable bonds is 5. The van der Waals surface area contributed by atoms with Crippen LogP contribution < -0.4 is 10.2 Å². The predicted molar refractivity (Wildman–Crippen MR) is 111 cm³/mol. The maximum atomic E-state index is 13.3. The van der Waals surface area contributed by atoms with E-state index in [1.54, 1.807) is 0 Å². The first-order chi connectivity index (χ1) is 14.8. The van der Waals surface area contributed by atoms with Gasteiger partial charge in [0.1, 0.15) is 21.6 Å². The fourth-order valence-electron chi connectivity index (χ4n) is 3.42. The molecule has 11 heteroatoms. The highest BCUT2D eigenvalue weighted by molar-refractivity contribution is 7.18. The van der Waals surface area contributed by atoms with Crippen molar-refractivity contribution < 1.29 is 27.8 Å². The van der Waals surface area contributed by atoms with Crippen LogP contribution in [0.2, 0.25) is 0 Å². The molecule has 1 fully saturated rings. The largest absolute Gasteiger partial charge is 0.506 e. The molecule has 2 aromatic heterocycles. The molecule has 0 bridgehead atoms. The minimum atomic E-state index is -4.46. The van der Waals surface area contributed by atoms with Crippen molar-refractivity contribution in [2.75, 3.05) is 23.3 Å². The van der Waals surface area contributed by atoms with E-state index in [0.717, 1.165) is 11.6 Å². The highest BCUT2D eigenvalue weighted by Crippen LogP contribution is 2.40. The van der Waals surface area contributed by atoms with E-state index >= 15 is 0 Å². The van der Waals surface area contributed by atoms with Crippen LogP contribution in [0.4, 0.5) is 29.7 Å². The Kier molecular flexibility index (Phi) is 5.86. The Morgan fingerprint density at radius 1 is 1.23 bits per heavy atom. The van der Waals surface area contributed by atoms with Crippen molar-refractivity contribution in [1.82, 2.24) is 9.97 Å². The van der Waals surface area contributed by atoms with Crippen LogP contribution in [-0.2, 0) is 17.5 Å². The van der Waals surface area contributed by atoms with Crippen LogP contribution in [-0.4, -0.2) is 40.4 Å². The highest BCUT2D eigenvalue weighted by Gasteiger charge is 2.34. The van der Waals surface area contributed by atoms with Crippen molar-refractivity contribution in [3.05, 3.63) is 46.8 Å². The zero-order chi connectivity index (χ0) is 22.0. The van der Waals surface area contributed by atoms with Gasteiger partial charge in [0.2, 0.25) is 5.95 Å². The third-order valence-corrected chi connectivity index (χ3v) is 6.03. The van der Waals surface area contributed by atoms with Crippen LogP contribution in [0.1, 0.15) is 23.3 Å². The third kappa shape index (κ3) is 4.98. The van der Waals surface area contributed by atoms with E-state index in [-0.39, 0.29) is 4.83 Å². The van der Waals surface area contributed by atoms with Gasteiger partial charge >= 0.3 is 12.3 Å². The summed E-state index contributed by atoms with van der Waals surface area (Å²) in [6.45, 7) is 1.29. The molecule has 0 aliphatic carbocycles. The molecule has 7 nitrogen and oxygen atoms in total. The summed E-state index contributed by atoms with van der Waals surface area (Å²) in [5, 5.41) is 12.2. The van der Waals surface area contributed by atoms with Crippen molar-refractivity contribution >= 4 is 39.5 Å². The fraction of sp³-hybridized carbons (Fsp3) is 0.350. The average Bonchev–Trinajstić information content (AvgIpc) is 3.18. The zero-order valence-corrected chi connectivity index (χ0v) is 17.0. The number of hydrogen-bond donors (Lipinski definition) is 2. The summed E-state index contributed by atoms with van der Waals surface area (Å²) in [7, 11) is 0. The maximum absolute atomic E-state index is 13.3. The number of piperidine rings is 1. The lowest BCUT2D eigenvalue weighted by molar-refractivity contribution is -0.134. The number of fused-ring (bicyclic) bond motifs is 1. The van der Waals surface area contributed by atoms with Crippen molar-refractivity contribution in [2.45, 2.75) is 31.7 Å². The minimum absolute atomic E-state index is 0.247. The van der Waals surface area contributed by atoms with E-state index in [1.807, 2.05) is 35.2 Å². The van der Waals surface area contributed by atoms with Gasteiger partial charge in [-0.1, -0.05) is 30.3 Å². The van der Waals surface area contributed by atoms with E-state index in [9.17, 15) is 18.0 Å². The molecule has 31 heavy (non-hydrogen) atoms. The quantitative estimate of drug-likeness (QED) is 0.528. The van der Waals surface area contributed by atoms with Crippen molar-refractivity contribution in [3.63, 3.8) is 0 Å². The number of thiophene rings is 1. The molecule has 0 spiro atoms. The summed E-state index contributed by atoms with van der Waals surface area (Å²) in [4.78, 5) is 21.0. The smallest absolute Gasteiger partial charge is 0.450 e. The molecule has 1 saturated heterocycles. The number of hydrogen-bond acceptors (Lipinski definition) is 7. The summed E-state index contributed by atoms with van der Waals surface area (Å²) >= 11 is 0.582. The average molecular weight is 452 g/mol. The Morgan fingerprint density at radius 3 is 2.58 bits per heavy atom. The molecule has 164 valence electrons. The van der Waals surface area contributed by atoms with Crippen LogP contribution in [0.25, 0.3) is 10.2 Å². The Balaban J connectivity index is 1.62. The molecule has 0 radical (unpaired) electrons. The van der Waals surface area contributed by atoms with Crippen LogP contribution in [0.5, 0.6) is 0 Å². The lowest BCUT2D eigenvalue weighted by atomic mass is 10.1. The number of ether oxygens (including phenoxy) is 1. The van der Waals surface area contributed by atoms with Gasteiger partial charge in [0.25, 0.3) is 0 Å². The molecule has 0 amide bonds.